The monoisotopic (exact) mass is 312 g/mol. The number of rotatable bonds is 2. The Morgan fingerprint density at radius 1 is 1.05 bits per heavy atom. The molecule has 4 nitrogen and oxygen atoms in total. The molecule has 0 aliphatic carbocycles. The molecule has 19 heavy (non-hydrogen) atoms. The van der Waals surface area contributed by atoms with Crippen molar-refractivity contribution in [2.45, 2.75) is 6.42 Å². The van der Waals surface area contributed by atoms with Crippen LogP contribution in [0.4, 0.5) is 0 Å². The number of halogens is 3. The predicted molar refractivity (Wildman–Crippen MR) is 75.1 cm³/mol. The minimum Gasteiger partial charge on any atom is -0.199 e. The van der Waals surface area contributed by atoms with Crippen LogP contribution in [-0.2, 0) is 6.42 Å². The first-order valence-electron chi connectivity index (χ1n) is 5.43. The van der Waals surface area contributed by atoms with E-state index in [0.717, 1.165) is 5.56 Å². The molecule has 3 rings (SSSR count). The highest BCUT2D eigenvalue weighted by atomic mass is 35.5. The predicted octanol–water partition coefficient (Wildman–Crippen LogP) is 3.68. The van der Waals surface area contributed by atoms with Gasteiger partial charge in [-0.25, -0.2) is 0 Å². The van der Waals surface area contributed by atoms with E-state index in [1.165, 1.54) is 10.8 Å². The molecular formula is C12H7Cl3N4. The van der Waals surface area contributed by atoms with Crippen LogP contribution >= 0.6 is 34.8 Å². The number of hydrogen-bond donors (Lipinski definition) is 0. The molecular weight excluding hydrogens is 307 g/mol. The molecule has 0 bridgehead atoms. The summed E-state index contributed by atoms with van der Waals surface area (Å²) in [7, 11) is 0. The number of fused-ring (bicyclic) bond motifs is 1. The van der Waals surface area contributed by atoms with Gasteiger partial charge in [-0.2, -0.15) is 19.6 Å². The fourth-order valence-corrected chi connectivity index (χ4v) is 2.45. The van der Waals surface area contributed by atoms with Gasteiger partial charge in [0.15, 0.2) is 0 Å². The van der Waals surface area contributed by atoms with Crippen molar-refractivity contribution < 1.29 is 0 Å². The fraction of sp³-hybridized carbons (Fsp3) is 0.0833. The van der Waals surface area contributed by atoms with Gasteiger partial charge in [0.1, 0.15) is 16.6 Å². The molecule has 0 atom stereocenters. The van der Waals surface area contributed by atoms with Crippen molar-refractivity contribution >= 4 is 40.6 Å². The van der Waals surface area contributed by atoms with Gasteiger partial charge in [-0.05, 0) is 17.7 Å². The van der Waals surface area contributed by atoms with Gasteiger partial charge in [0.2, 0.25) is 0 Å². The van der Waals surface area contributed by atoms with Gasteiger partial charge in [-0.15, -0.1) is 0 Å². The molecule has 96 valence electrons. The zero-order valence-electron chi connectivity index (χ0n) is 9.52. The van der Waals surface area contributed by atoms with E-state index in [9.17, 15) is 0 Å². The van der Waals surface area contributed by atoms with Crippen molar-refractivity contribution in [2.24, 2.45) is 0 Å². The maximum absolute atomic E-state index is 6.28. The molecule has 0 spiro atoms. The second kappa shape index (κ2) is 4.96. The smallest absolute Gasteiger partial charge is 0.199 e. The lowest BCUT2D eigenvalue weighted by Crippen LogP contribution is -2.01. The van der Waals surface area contributed by atoms with Crippen molar-refractivity contribution in [1.29, 1.82) is 0 Å². The highest BCUT2D eigenvalue weighted by Crippen LogP contribution is 2.26. The number of hydrogen-bond acceptors (Lipinski definition) is 3. The molecule has 2 heterocycles. The molecule has 0 aliphatic heterocycles. The Morgan fingerprint density at radius 2 is 1.79 bits per heavy atom. The van der Waals surface area contributed by atoms with Crippen LogP contribution in [0.15, 0.2) is 30.6 Å². The summed E-state index contributed by atoms with van der Waals surface area (Å²) in [5.41, 5.74) is 1.75. The lowest BCUT2D eigenvalue weighted by atomic mass is 10.1. The summed E-state index contributed by atoms with van der Waals surface area (Å²) < 4.78 is 1.46. The maximum atomic E-state index is 6.28. The average molecular weight is 314 g/mol. The number of benzene rings is 1. The molecule has 1 aromatic carbocycles. The Bertz CT molecular complexity index is 737. The lowest BCUT2D eigenvalue weighted by Gasteiger charge is -2.07. The van der Waals surface area contributed by atoms with Crippen molar-refractivity contribution in [3.63, 3.8) is 0 Å². The van der Waals surface area contributed by atoms with Gasteiger partial charge < -0.3 is 0 Å². The van der Waals surface area contributed by atoms with Gasteiger partial charge >= 0.3 is 0 Å². The Balaban J connectivity index is 2.06. The Hall–Kier alpha value is -1.36. The molecule has 7 heteroatoms. The zero-order valence-corrected chi connectivity index (χ0v) is 11.8. The summed E-state index contributed by atoms with van der Waals surface area (Å²) in [4.78, 5) is 8.11. The molecule has 0 saturated carbocycles. The molecule has 0 aliphatic rings. The van der Waals surface area contributed by atoms with Crippen LogP contribution in [0.1, 0.15) is 11.1 Å². The normalized spacial score (nSPS) is 11.1. The van der Waals surface area contributed by atoms with Gasteiger partial charge in [0.05, 0.1) is 0 Å². The molecule has 0 amide bonds. The molecule has 0 fully saturated rings. The van der Waals surface area contributed by atoms with Gasteiger partial charge in [0.25, 0.3) is 5.78 Å². The third-order valence-corrected chi connectivity index (χ3v) is 3.66. The van der Waals surface area contributed by atoms with E-state index in [4.69, 9.17) is 34.8 Å². The van der Waals surface area contributed by atoms with Crippen LogP contribution in [0.3, 0.4) is 0 Å². The largest absolute Gasteiger partial charge is 0.254 e. The third kappa shape index (κ3) is 2.39. The molecule has 3 aromatic rings. The highest BCUT2D eigenvalue weighted by molar-refractivity contribution is 6.34. The molecule has 0 saturated heterocycles. The van der Waals surface area contributed by atoms with Gasteiger partial charge in [-0.1, -0.05) is 46.9 Å². The van der Waals surface area contributed by atoms with E-state index in [0.29, 0.717) is 33.1 Å². The topological polar surface area (TPSA) is 43.1 Å². The van der Waals surface area contributed by atoms with E-state index in [1.54, 1.807) is 0 Å². The van der Waals surface area contributed by atoms with E-state index in [2.05, 4.69) is 15.1 Å². The summed E-state index contributed by atoms with van der Waals surface area (Å²) >= 11 is 18.3. The number of aromatic nitrogens is 4. The summed E-state index contributed by atoms with van der Waals surface area (Å²) in [5.74, 6) is 0.384. The van der Waals surface area contributed by atoms with Crippen molar-refractivity contribution in [3.8, 4) is 0 Å². The van der Waals surface area contributed by atoms with E-state index in [-0.39, 0.29) is 0 Å². The summed E-state index contributed by atoms with van der Waals surface area (Å²) in [5, 5.41) is 5.45. The van der Waals surface area contributed by atoms with Crippen LogP contribution < -0.4 is 0 Å². The quantitative estimate of drug-likeness (QED) is 0.678. The zero-order chi connectivity index (χ0) is 13.4. The van der Waals surface area contributed by atoms with E-state index < -0.39 is 0 Å². The standard InChI is InChI=1S/C12H7Cl3N4/c13-8-3-1-7(2-4-8)5-9-10(14)18-12-16-6-17-19(12)11(9)15/h1-4,6H,5H2. The van der Waals surface area contributed by atoms with Crippen LogP contribution in [0.2, 0.25) is 15.3 Å². The van der Waals surface area contributed by atoms with Gasteiger partial charge in [-0.3, -0.25) is 0 Å². The number of nitrogens with zero attached hydrogens (tertiary/aromatic N) is 4. The molecule has 0 N–H and O–H groups in total. The summed E-state index contributed by atoms with van der Waals surface area (Å²) in [6.07, 6.45) is 1.94. The van der Waals surface area contributed by atoms with E-state index in [1.807, 2.05) is 24.3 Å². The first-order valence-corrected chi connectivity index (χ1v) is 6.56. The highest BCUT2D eigenvalue weighted by Gasteiger charge is 2.14. The lowest BCUT2D eigenvalue weighted by molar-refractivity contribution is 0.917. The van der Waals surface area contributed by atoms with E-state index >= 15 is 0 Å². The second-order valence-corrected chi connectivity index (χ2v) is 5.10. The minimum atomic E-state index is 0.334. The third-order valence-electron chi connectivity index (χ3n) is 2.71. The summed E-state index contributed by atoms with van der Waals surface area (Å²) in [6, 6.07) is 7.47. The SMILES string of the molecule is Clc1ccc(Cc2c(Cl)nc3ncnn3c2Cl)cc1. The van der Waals surface area contributed by atoms with Crippen LogP contribution in [0.5, 0.6) is 0 Å². The van der Waals surface area contributed by atoms with Crippen LogP contribution in [0.25, 0.3) is 5.78 Å². The van der Waals surface area contributed by atoms with Gasteiger partial charge in [0, 0.05) is 17.0 Å². The molecule has 0 radical (unpaired) electrons. The molecule has 2 aromatic heterocycles. The second-order valence-electron chi connectivity index (χ2n) is 3.95. The van der Waals surface area contributed by atoms with Crippen LogP contribution in [-0.4, -0.2) is 19.6 Å². The Kier molecular flexibility index (Phi) is 3.31. The van der Waals surface area contributed by atoms with Crippen molar-refractivity contribution in [1.82, 2.24) is 19.6 Å². The minimum absolute atomic E-state index is 0.334. The first kappa shape index (κ1) is 12.7. The summed E-state index contributed by atoms with van der Waals surface area (Å²) in [6.45, 7) is 0. The maximum Gasteiger partial charge on any atom is 0.254 e. The average Bonchev–Trinajstić information content (AvgIpc) is 2.85. The fourth-order valence-electron chi connectivity index (χ4n) is 1.77. The van der Waals surface area contributed by atoms with Crippen LogP contribution in [0, 0.1) is 0 Å². The first-order chi connectivity index (χ1) is 9.15. The van der Waals surface area contributed by atoms with Crippen molar-refractivity contribution in [2.75, 3.05) is 0 Å². The molecule has 0 unspecified atom stereocenters. The van der Waals surface area contributed by atoms with Crippen molar-refractivity contribution in [3.05, 3.63) is 57.0 Å². The Morgan fingerprint density at radius 3 is 2.53 bits per heavy atom. The Labute approximate surface area is 124 Å².